The lowest BCUT2D eigenvalue weighted by molar-refractivity contribution is 0.0998. The second-order valence-corrected chi connectivity index (χ2v) is 10.3. The summed E-state index contributed by atoms with van der Waals surface area (Å²) < 4.78 is 27.9. The van der Waals surface area contributed by atoms with Crippen molar-refractivity contribution in [3.63, 3.8) is 0 Å². The molecule has 11 heteroatoms. The van der Waals surface area contributed by atoms with Crippen molar-refractivity contribution in [3.05, 3.63) is 69.0 Å². The van der Waals surface area contributed by atoms with Gasteiger partial charge in [0.15, 0.2) is 0 Å². The Hall–Kier alpha value is -2.85. The molecule has 0 aliphatic carbocycles. The van der Waals surface area contributed by atoms with E-state index in [9.17, 15) is 9.18 Å². The van der Waals surface area contributed by atoms with Gasteiger partial charge in [0.1, 0.15) is 45.7 Å². The molecule has 0 saturated carbocycles. The van der Waals surface area contributed by atoms with E-state index in [1.165, 1.54) is 18.5 Å². The summed E-state index contributed by atoms with van der Waals surface area (Å²) in [6.45, 7) is 3.66. The highest BCUT2D eigenvalue weighted by Crippen LogP contribution is 2.39. The van der Waals surface area contributed by atoms with Gasteiger partial charge < -0.3 is 20.5 Å². The van der Waals surface area contributed by atoms with E-state index in [0.29, 0.717) is 32.6 Å². The molecule has 0 bridgehead atoms. The van der Waals surface area contributed by atoms with Crippen molar-refractivity contribution in [2.45, 2.75) is 32.0 Å². The molecular formula is C25H23Cl2FN4O3S. The predicted octanol–water partition coefficient (Wildman–Crippen LogP) is 5.90. The Balaban J connectivity index is 1.43. The van der Waals surface area contributed by atoms with Gasteiger partial charge in [-0.05, 0) is 45.0 Å². The largest absolute Gasteiger partial charge is 0.489 e. The van der Waals surface area contributed by atoms with Crippen LogP contribution < -0.4 is 20.5 Å². The molecule has 1 saturated heterocycles. The Kier molecular flexibility index (Phi) is 7.07. The summed E-state index contributed by atoms with van der Waals surface area (Å²) in [6.07, 6.45) is 2.95. The molecule has 3 N–H and O–H groups in total. The predicted molar refractivity (Wildman–Crippen MR) is 139 cm³/mol. The van der Waals surface area contributed by atoms with Crippen LogP contribution in [0.15, 0.2) is 42.7 Å². The van der Waals surface area contributed by atoms with E-state index in [4.69, 9.17) is 38.4 Å². The van der Waals surface area contributed by atoms with Crippen molar-refractivity contribution in [1.82, 2.24) is 14.9 Å². The summed E-state index contributed by atoms with van der Waals surface area (Å²) in [4.78, 5) is 16.7. The van der Waals surface area contributed by atoms with E-state index in [1.54, 1.807) is 10.6 Å². The average molecular weight is 549 g/mol. The maximum absolute atomic E-state index is 13.8. The summed E-state index contributed by atoms with van der Waals surface area (Å²) in [5, 5.41) is 4.37. The van der Waals surface area contributed by atoms with Crippen molar-refractivity contribution in [3.8, 4) is 16.5 Å². The lowest BCUT2D eigenvalue weighted by Gasteiger charge is -2.25. The van der Waals surface area contributed by atoms with Gasteiger partial charge in [-0.2, -0.15) is 0 Å². The number of nitrogens with two attached hydrogens (primary N) is 1. The number of amides is 1. The molecule has 0 radical (unpaired) electrons. The molecule has 1 aliphatic rings. The summed E-state index contributed by atoms with van der Waals surface area (Å²) in [6, 6.07) is 10.0. The van der Waals surface area contributed by atoms with E-state index in [1.807, 2.05) is 25.1 Å². The number of halogens is 3. The summed E-state index contributed by atoms with van der Waals surface area (Å²) in [5.74, 6) is -0.270. The number of piperidine rings is 1. The van der Waals surface area contributed by atoms with E-state index in [0.717, 1.165) is 42.8 Å². The molecule has 3 heterocycles. The zero-order chi connectivity index (χ0) is 25.4. The standard InChI is InChI=1S/C25H23Cl2FN4O3S/c1-13(15-3-2-4-20(23(15)27)35-14-5-7-30-8-6-14)34-21-11-22(36-24(21)25(29)33)32-12-31-18-10-17(28)16(26)9-19(18)32/h2-4,9-14,30H,5-8H2,1H3,(H2,29,33)/t13-/m1/s1. The summed E-state index contributed by atoms with van der Waals surface area (Å²) >= 11 is 13.8. The van der Waals surface area contributed by atoms with Gasteiger partial charge in [0.25, 0.3) is 5.91 Å². The Labute approximate surface area is 220 Å². The molecule has 2 aromatic heterocycles. The number of carbonyl (C=O) groups excluding carboxylic acids is 1. The fraction of sp³-hybridized carbons (Fsp3) is 0.280. The van der Waals surface area contributed by atoms with Crippen LogP contribution in [0.5, 0.6) is 11.5 Å². The van der Waals surface area contributed by atoms with Crippen LogP contribution in [0.3, 0.4) is 0 Å². The van der Waals surface area contributed by atoms with Gasteiger partial charge in [-0.15, -0.1) is 11.3 Å². The lowest BCUT2D eigenvalue weighted by Crippen LogP contribution is -2.34. The summed E-state index contributed by atoms with van der Waals surface area (Å²) in [5.41, 5.74) is 7.40. The Morgan fingerprint density at radius 2 is 2.03 bits per heavy atom. The number of thiophene rings is 1. The first-order valence-electron chi connectivity index (χ1n) is 11.4. The van der Waals surface area contributed by atoms with Gasteiger partial charge >= 0.3 is 0 Å². The van der Waals surface area contributed by atoms with Gasteiger partial charge in [0, 0.05) is 17.7 Å². The fourth-order valence-corrected chi connectivity index (χ4v) is 5.61. The molecule has 5 rings (SSSR count). The topological polar surface area (TPSA) is 91.4 Å². The van der Waals surface area contributed by atoms with Crippen LogP contribution in [0.1, 0.15) is 41.1 Å². The number of carbonyl (C=O) groups is 1. The lowest BCUT2D eigenvalue weighted by atomic mass is 10.1. The first-order valence-corrected chi connectivity index (χ1v) is 13.0. The van der Waals surface area contributed by atoms with Crippen molar-refractivity contribution in [1.29, 1.82) is 0 Å². The minimum atomic E-state index is -0.629. The third-order valence-corrected chi connectivity index (χ3v) is 7.87. The van der Waals surface area contributed by atoms with Crippen LogP contribution in [-0.4, -0.2) is 34.7 Å². The molecule has 1 aliphatic heterocycles. The zero-order valence-corrected chi connectivity index (χ0v) is 21.6. The van der Waals surface area contributed by atoms with Crippen LogP contribution in [0.25, 0.3) is 16.0 Å². The third-order valence-electron chi connectivity index (χ3n) is 6.05. The number of rotatable bonds is 7. The smallest absolute Gasteiger partial charge is 0.262 e. The Morgan fingerprint density at radius 1 is 1.25 bits per heavy atom. The number of primary amides is 1. The highest BCUT2D eigenvalue weighted by atomic mass is 35.5. The number of hydrogen-bond donors (Lipinski definition) is 2. The number of ether oxygens (including phenoxy) is 2. The fourth-order valence-electron chi connectivity index (χ4n) is 4.20. The molecule has 36 heavy (non-hydrogen) atoms. The third kappa shape index (κ3) is 4.88. The highest BCUT2D eigenvalue weighted by molar-refractivity contribution is 7.16. The first-order chi connectivity index (χ1) is 17.3. The van der Waals surface area contributed by atoms with Gasteiger partial charge in [-0.1, -0.05) is 35.3 Å². The normalized spacial score (nSPS) is 15.2. The molecular weight excluding hydrogens is 526 g/mol. The van der Waals surface area contributed by atoms with Gasteiger partial charge in [0.05, 0.1) is 21.1 Å². The number of hydrogen-bond acceptors (Lipinski definition) is 6. The molecule has 1 amide bonds. The number of nitrogens with zero attached hydrogens (tertiary/aromatic N) is 2. The van der Waals surface area contributed by atoms with E-state index >= 15 is 0 Å². The van der Waals surface area contributed by atoms with Crippen molar-refractivity contribution >= 4 is 51.5 Å². The van der Waals surface area contributed by atoms with Crippen LogP contribution >= 0.6 is 34.5 Å². The number of aromatic nitrogens is 2. The molecule has 0 unspecified atom stereocenters. The molecule has 188 valence electrons. The highest BCUT2D eigenvalue weighted by Gasteiger charge is 2.23. The van der Waals surface area contributed by atoms with Crippen molar-refractivity contribution < 1.29 is 18.7 Å². The maximum atomic E-state index is 13.8. The van der Waals surface area contributed by atoms with Crippen LogP contribution in [0.2, 0.25) is 10.0 Å². The van der Waals surface area contributed by atoms with E-state index < -0.39 is 17.8 Å². The van der Waals surface area contributed by atoms with Gasteiger partial charge in [-0.3, -0.25) is 9.36 Å². The number of imidazole rings is 1. The van der Waals surface area contributed by atoms with E-state index in [2.05, 4.69) is 10.3 Å². The molecule has 7 nitrogen and oxygen atoms in total. The Bertz CT molecular complexity index is 1430. The average Bonchev–Trinajstić information content (AvgIpc) is 3.45. The van der Waals surface area contributed by atoms with Gasteiger partial charge in [0.2, 0.25) is 0 Å². The number of benzene rings is 2. The molecule has 4 aromatic rings. The van der Waals surface area contributed by atoms with E-state index in [-0.39, 0.29) is 16.0 Å². The second-order valence-electron chi connectivity index (χ2n) is 8.50. The van der Waals surface area contributed by atoms with Crippen molar-refractivity contribution in [2.24, 2.45) is 5.73 Å². The second kappa shape index (κ2) is 10.3. The summed E-state index contributed by atoms with van der Waals surface area (Å²) in [7, 11) is 0. The van der Waals surface area contributed by atoms with Crippen LogP contribution in [0.4, 0.5) is 4.39 Å². The minimum Gasteiger partial charge on any atom is -0.489 e. The minimum absolute atomic E-state index is 0.0257. The quantitative estimate of drug-likeness (QED) is 0.300. The number of nitrogens with one attached hydrogen (secondary N) is 1. The Morgan fingerprint density at radius 3 is 2.78 bits per heavy atom. The number of fused-ring (bicyclic) bond motifs is 1. The van der Waals surface area contributed by atoms with Crippen LogP contribution in [-0.2, 0) is 0 Å². The monoisotopic (exact) mass is 548 g/mol. The molecule has 1 atom stereocenters. The molecule has 2 aromatic carbocycles. The molecule has 0 spiro atoms. The van der Waals surface area contributed by atoms with Crippen LogP contribution in [0, 0.1) is 5.82 Å². The molecule has 1 fully saturated rings. The first kappa shape index (κ1) is 24.8. The van der Waals surface area contributed by atoms with Gasteiger partial charge in [-0.25, -0.2) is 9.37 Å². The maximum Gasteiger partial charge on any atom is 0.262 e. The zero-order valence-electron chi connectivity index (χ0n) is 19.3. The SMILES string of the molecule is C[C@@H](Oc1cc(-n2cnc3cc(F)c(Cl)cc32)sc1C(N)=O)c1cccc(OC2CCNCC2)c1Cl. The van der Waals surface area contributed by atoms with Crippen molar-refractivity contribution in [2.75, 3.05) is 13.1 Å².